The molecule has 2 rings (SSSR count). The van der Waals surface area contributed by atoms with E-state index in [0.29, 0.717) is 31.0 Å². The predicted octanol–water partition coefficient (Wildman–Crippen LogP) is 4.11. The number of ether oxygens (including phenoxy) is 1. The second-order valence-electron chi connectivity index (χ2n) is 4.73. The highest BCUT2D eigenvalue weighted by molar-refractivity contribution is 7.16. The van der Waals surface area contributed by atoms with Gasteiger partial charge in [0.05, 0.1) is 23.1 Å². The Balaban J connectivity index is 2.00. The first-order chi connectivity index (χ1) is 10.1. The Hall–Kier alpha value is -1.36. The van der Waals surface area contributed by atoms with E-state index < -0.39 is 0 Å². The van der Waals surface area contributed by atoms with Crippen LogP contribution in [-0.2, 0) is 6.54 Å². The number of ketones is 1. The normalized spacial score (nSPS) is 10.9. The van der Waals surface area contributed by atoms with Crippen LogP contribution in [0, 0.1) is 0 Å². The van der Waals surface area contributed by atoms with E-state index in [0.717, 1.165) is 9.21 Å². The van der Waals surface area contributed by atoms with Gasteiger partial charge in [-0.3, -0.25) is 9.69 Å². The third kappa shape index (κ3) is 4.56. The van der Waals surface area contributed by atoms with E-state index in [9.17, 15) is 4.79 Å². The van der Waals surface area contributed by atoms with Crippen LogP contribution in [-0.4, -0.2) is 30.9 Å². The quantitative estimate of drug-likeness (QED) is 0.718. The summed E-state index contributed by atoms with van der Waals surface area (Å²) in [6.07, 6.45) is 0. The summed E-state index contributed by atoms with van der Waals surface area (Å²) in [6.45, 7) is 3.52. The number of Topliss-reactive ketones (excluding diaryl/α,β-unsaturated/α-hetero) is 1. The van der Waals surface area contributed by atoms with Gasteiger partial charge < -0.3 is 4.74 Å². The lowest BCUT2D eigenvalue weighted by Gasteiger charge is -2.16. The molecule has 0 spiro atoms. The van der Waals surface area contributed by atoms with Crippen molar-refractivity contribution in [3.05, 3.63) is 51.2 Å². The molecule has 0 atom stereocenters. The maximum atomic E-state index is 12.4. The molecule has 3 nitrogen and oxygen atoms in total. The van der Waals surface area contributed by atoms with Crippen molar-refractivity contribution >= 4 is 28.7 Å². The van der Waals surface area contributed by atoms with Crippen molar-refractivity contribution in [3.63, 3.8) is 0 Å². The zero-order valence-corrected chi connectivity index (χ0v) is 13.7. The van der Waals surface area contributed by atoms with E-state index >= 15 is 0 Å². The number of rotatable bonds is 7. The zero-order valence-electron chi connectivity index (χ0n) is 12.1. The number of carbonyl (C=O) groups is 1. The third-order valence-corrected chi connectivity index (χ3v) is 4.17. The van der Waals surface area contributed by atoms with Gasteiger partial charge in [-0.05, 0) is 38.2 Å². The van der Waals surface area contributed by atoms with Crippen LogP contribution < -0.4 is 4.74 Å². The van der Waals surface area contributed by atoms with Crippen molar-refractivity contribution in [3.8, 4) is 5.75 Å². The monoisotopic (exact) mass is 323 g/mol. The molecule has 0 saturated carbocycles. The van der Waals surface area contributed by atoms with Gasteiger partial charge in [0.25, 0.3) is 0 Å². The molecule has 21 heavy (non-hydrogen) atoms. The fraction of sp³-hybridized carbons (Fsp3) is 0.312. The van der Waals surface area contributed by atoms with Crippen molar-refractivity contribution in [1.29, 1.82) is 0 Å². The molecule has 0 aliphatic rings. The molecule has 0 N–H and O–H groups in total. The summed E-state index contributed by atoms with van der Waals surface area (Å²) in [7, 11) is 1.93. The molecule has 1 aromatic heterocycles. The highest BCUT2D eigenvalue weighted by atomic mass is 35.5. The van der Waals surface area contributed by atoms with E-state index in [1.165, 1.54) is 11.3 Å². The fourth-order valence-corrected chi connectivity index (χ4v) is 3.24. The summed E-state index contributed by atoms with van der Waals surface area (Å²) in [5, 5.41) is 0. The first kappa shape index (κ1) is 16.0. The first-order valence-electron chi connectivity index (χ1n) is 6.78. The van der Waals surface area contributed by atoms with Crippen LogP contribution in [0.25, 0.3) is 0 Å². The standard InChI is InChI=1S/C16H18ClNO2S/c1-3-20-15-7-5-4-6-13(15)14(19)11-18(2)10-12-8-9-16(17)21-12/h4-9H,3,10-11H2,1-2H3. The molecular formula is C16H18ClNO2S. The average Bonchev–Trinajstić information content (AvgIpc) is 2.84. The smallest absolute Gasteiger partial charge is 0.180 e. The minimum absolute atomic E-state index is 0.0594. The molecule has 0 saturated heterocycles. The predicted molar refractivity (Wildman–Crippen MR) is 87.6 cm³/mol. The average molecular weight is 324 g/mol. The van der Waals surface area contributed by atoms with Crippen LogP contribution in [0.2, 0.25) is 4.34 Å². The molecule has 0 aliphatic carbocycles. The molecule has 5 heteroatoms. The van der Waals surface area contributed by atoms with E-state index in [2.05, 4.69) is 0 Å². The van der Waals surface area contributed by atoms with Crippen molar-refractivity contribution in [1.82, 2.24) is 4.90 Å². The van der Waals surface area contributed by atoms with Crippen molar-refractivity contribution in [2.75, 3.05) is 20.2 Å². The van der Waals surface area contributed by atoms with Gasteiger partial charge in [-0.2, -0.15) is 0 Å². The molecule has 0 radical (unpaired) electrons. The Kier molecular flexibility index (Phi) is 5.79. The van der Waals surface area contributed by atoms with Gasteiger partial charge in [-0.1, -0.05) is 23.7 Å². The number of para-hydroxylation sites is 1. The van der Waals surface area contributed by atoms with Gasteiger partial charge >= 0.3 is 0 Å². The topological polar surface area (TPSA) is 29.5 Å². The van der Waals surface area contributed by atoms with Crippen LogP contribution >= 0.6 is 22.9 Å². The highest BCUT2D eigenvalue weighted by Crippen LogP contribution is 2.23. The Morgan fingerprint density at radius 3 is 2.71 bits per heavy atom. The lowest BCUT2D eigenvalue weighted by atomic mass is 10.1. The van der Waals surface area contributed by atoms with Gasteiger partial charge in [-0.25, -0.2) is 0 Å². The molecule has 1 aromatic carbocycles. The summed E-state index contributed by atoms with van der Waals surface area (Å²) < 4.78 is 6.28. The number of likely N-dealkylation sites (N-methyl/N-ethyl adjacent to an activating group) is 1. The summed E-state index contributed by atoms with van der Waals surface area (Å²) >= 11 is 7.46. The van der Waals surface area contributed by atoms with Gasteiger partial charge in [0.2, 0.25) is 0 Å². The highest BCUT2D eigenvalue weighted by Gasteiger charge is 2.14. The van der Waals surface area contributed by atoms with Crippen molar-refractivity contribution in [2.24, 2.45) is 0 Å². The number of hydrogen-bond acceptors (Lipinski definition) is 4. The summed E-state index contributed by atoms with van der Waals surface area (Å²) in [6, 6.07) is 11.2. The lowest BCUT2D eigenvalue weighted by Crippen LogP contribution is -2.25. The van der Waals surface area contributed by atoms with Crippen molar-refractivity contribution in [2.45, 2.75) is 13.5 Å². The van der Waals surface area contributed by atoms with Gasteiger partial charge in [-0.15, -0.1) is 11.3 Å². The van der Waals surface area contributed by atoms with Gasteiger partial charge in [0.1, 0.15) is 5.75 Å². The van der Waals surface area contributed by atoms with E-state index in [4.69, 9.17) is 16.3 Å². The molecule has 0 bridgehead atoms. The second-order valence-corrected chi connectivity index (χ2v) is 6.53. The number of carbonyl (C=O) groups excluding carboxylic acids is 1. The molecule has 1 heterocycles. The van der Waals surface area contributed by atoms with Crippen LogP contribution in [0.1, 0.15) is 22.2 Å². The summed E-state index contributed by atoms with van der Waals surface area (Å²) in [5.74, 6) is 0.710. The fourth-order valence-electron chi connectivity index (χ4n) is 2.07. The Bertz CT molecular complexity index is 612. The van der Waals surface area contributed by atoms with E-state index in [1.54, 1.807) is 0 Å². The maximum Gasteiger partial charge on any atom is 0.180 e. The van der Waals surface area contributed by atoms with Crippen LogP contribution in [0.3, 0.4) is 0 Å². The Labute approximate surface area is 134 Å². The maximum absolute atomic E-state index is 12.4. The Morgan fingerprint density at radius 2 is 2.05 bits per heavy atom. The summed E-state index contributed by atoms with van der Waals surface area (Å²) in [5.41, 5.74) is 0.635. The number of hydrogen-bond donors (Lipinski definition) is 0. The first-order valence-corrected chi connectivity index (χ1v) is 7.97. The Morgan fingerprint density at radius 1 is 1.29 bits per heavy atom. The van der Waals surface area contributed by atoms with Crippen molar-refractivity contribution < 1.29 is 9.53 Å². The molecule has 0 fully saturated rings. The molecule has 2 aromatic rings. The SMILES string of the molecule is CCOc1ccccc1C(=O)CN(C)Cc1ccc(Cl)s1. The van der Waals surface area contributed by atoms with Gasteiger partial charge in [0, 0.05) is 11.4 Å². The second kappa shape index (κ2) is 7.59. The lowest BCUT2D eigenvalue weighted by molar-refractivity contribution is 0.0940. The largest absolute Gasteiger partial charge is 0.493 e. The summed E-state index contributed by atoms with van der Waals surface area (Å²) in [4.78, 5) is 15.5. The van der Waals surface area contributed by atoms with Crippen LogP contribution in [0.5, 0.6) is 5.75 Å². The van der Waals surface area contributed by atoms with Crippen LogP contribution in [0.15, 0.2) is 36.4 Å². The molecule has 0 unspecified atom stereocenters. The molecule has 112 valence electrons. The molecule has 0 amide bonds. The zero-order chi connectivity index (χ0) is 15.2. The van der Waals surface area contributed by atoms with E-state index in [1.807, 2.05) is 55.3 Å². The molecular weight excluding hydrogens is 306 g/mol. The number of halogens is 1. The van der Waals surface area contributed by atoms with E-state index in [-0.39, 0.29) is 5.78 Å². The van der Waals surface area contributed by atoms with Crippen LogP contribution in [0.4, 0.5) is 0 Å². The minimum Gasteiger partial charge on any atom is -0.493 e. The minimum atomic E-state index is 0.0594. The third-order valence-electron chi connectivity index (χ3n) is 2.96. The molecule has 0 aliphatic heterocycles. The number of benzene rings is 1. The van der Waals surface area contributed by atoms with Gasteiger partial charge in [0.15, 0.2) is 5.78 Å². The number of nitrogens with zero attached hydrogens (tertiary/aromatic N) is 1. The number of thiophene rings is 1.